The van der Waals surface area contributed by atoms with Gasteiger partial charge in [0.05, 0.1) is 0 Å². The Labute approximate surface area is 90.9 Å². The summed E-state index contributed by atoms with van der Waals surface area (Å²) in [5.41, 5.74) is 0. The van der Waals surface area contributed by atoms with Crippen LogP contribution in [0.25, 0.3) is 0 Å². The molecule has 0 spiro atoms. The zero-order chi connectivity index (χ0) is 11.4. The summed E-state index contributed by atoms with van der Waals surface area (Å²) in [5, 5.41) is 9.25. The van der Waals surface area contributed by atoms with Crippen LogP contribution in [0.1, 0.15) is 6.92 Å². The third-order valence-electron chi connectivity index (χ3n) is 1.14. The summed E-state index contributed by atoms with van der Waals surface area (Å²) in [6.07, 6.45) is 11.0. The van der Waals surface area contributed by atoms with Crippen molar-refractivity contribution < 1.29 is 5.11 Å². The molecule has 1 atom stereocenters. The van der Waals surface area contributed by atoms with Gasteiger partial charge >= 0.3 is 0 Å². The van der Waals surface area contributed by atoms with E-state index in [0.717, 1.165) is 0 Å². The number of aliphatic hydroxyl groups is 1. The van der Waals surface area contributed by atoms with E-state index in [0.29, 0.717) is 0 Å². The molecule has 0 fully saturated rings. The third-order valence-corrected chi connectivity index (χ3v) is 1.14. The SMILES string of the molecule is C#CC#CC#CC#CC(O)C=CC=CC. The van der Waals surface area contributed by atoms with Crippen molar-refractivity contribution >= 4 is 0 Å². The van der Waals surface area contributed by atoms with Crippen LogP contribution in [0.4, 0.5) is 0 Å². The maximum atomic E-state index is 9.25. The molecule has 0 aliphatic heterocycles. The van der Waals surface area contributed by atoms with Crippen LogP contribution in [0.2, 0.25) is 0 Å². The van der Waals surface area contributed by atoms with Crippen molar-refractivity contribution in [3.8, 4) is 47.9 Å². The van der Waals surface area contributed by atoms with Crippen molar-refractivity contribution in [3.63, 3.8) is 0 Å². The van der Waals surface area contributed by atoms with E-state index in [1.54, 1.807) is 18.2 Å². The highest BCUT2D eigenvalue weighted by atomic mass is 16.3. The first-order valence-corrected chi connectivity index (χ1v) is 4.25. The molecule has 0 aliphatic rings. The molecule has 0 aromatic rings. The molecule has 0 amide bonds. The van der Waals surface area contributed by atoms with E-state index in [-0.39, 0.29) is 0 Å². The quantitative estimate of drug-likeness (QED) is 0.516. The molecule has 0 heterocycles. The predicted octanol–water partition coefficient (Wildman–Crippen LogP) is 1.12. The minimum Gasteiger partial charge on any atom is -0.377 e. The van der Waals surface area contributed by atoms with Crippen molar-refractivity contribution in [2.45, 2.75) is 13.0 Å². The lowest BCUT2D eigenvalue weighted by molar-refractivity contribution is 0.281. The second-order valence-electron chi connectivity index (χ2n) is 2.27. The molecular weight excluding hydrogens is 184 g/mol. The first-order valence-electron chi connectivity index (χ1n) is 4.25. The van der Waals surface area contributed by atoms with Gasteiger partial charge in [-0.2, -0.15) is 0 Å². The molecule has 1 nitrogen and oxygen atoms in total. The van der Waals surface area contributed by atoms with E-state index in [9.17, 15) is 5.11 Å². The summed E-state index contributed by atoms with van der Waals surface area (Å²) in [6.45, 7) is 1.89. The highest BCUT2D eigenvalue weighted by Gasteiger charge is 1.86. The normalized spacial score (nSPS) is 10.2. The monoisotopic (exact) mass is 194 g/mol. The van der Waals surface area contributed by atoms with Gasteiger partial charge in [-0.15, -0.1) is 6.42 Å². The standard InChI is InChI=1S/C14H10O/c1-3-5-7-8-9-11-13-14(15)12-10-6-4-2/h1,4,6,10,12,14-15H,2H3. The molecule has 0 aromatic heterocycles. The second-order valence-corrected chi connectivity index (χ2v) is 2.27. The molecule has 0 radical (unpaired) electrons. The van der Waals surface area contributed by atoms with Crippen LogP contribution >= 0.6 is 0 Å². The number of terminal acetylenes is 1. The summed E-state index contributed by atoms with van der Waals surface area (Å²) in [6, 6.07) is 0. The predicted molar refractivity (Wildman–Crippen MR) is 62.1 cm³/mol. The van der Waals surface area contributed by atoms with Crippen LogP contribution in [-0.2, 0) is 0 Å². The van der Waals surface area contributed by atoms with E-state index in [4.69, 9.17) is 6.42 Å². The first kappa shape index (κ1) is 12.7. The molecule has 72 valence electrons. The smallest absolute Gasteiger partial charge is 0.134 e. The molecule has 0 aliphatic carbocycles. The summed E-state index contributed by atoms with van der Waals surface area (Å²) in [4.78, 5) is 0. The highest BCUT2D eigenvalue weighted by Crippen LogP contribution is 1.84. The van der Waals surface area contributed by atoms with E-state index >= 15 is 0 Å². The largest absolute Gasteiger partial charge is 0.377 e. The molecule has 0 aromatic carbocycles. The Balaban J connectivity index is 4.17. The van der Waals surface area contributed by atoms with Crippen molar-refractivity contribution in [1.82, 2.24) is 0 Å². The zero-order valence-electron chi connectivity index (χ0n) is 8.41. The molecule has 1 N–H and O–H groups in total. The van der Waals surface area contributed by atoms with Crippen molar-refractivity contribution in [3.05, 3.63) is 24.3 Å². The summed E-state index contributed by atoms with van der Waals surface area (Å²) in [7, 11) is 0. The molecule has 1 unspecified atom stereocenters. The highest BCUT2D eigenvalue weighted by molar-refractivity contribution is 5.39. The number of rotatable bonds is 2. The lowest BCUT2D eigenvalue weighted by Crippen LogP contribution is -1.95. The lowest BCUT2D eigenvalue weighted by atomic mass is 10.3. The fraction of sp³-hybridized carbons (Fsp3) is 0.143. The average Bonchev–Trinajstić information content (AvgIpc) is 2.23. The maximum Gasteiger partial charge on any atom is 0.134 e. The van der Waals surface area contributed by atoms with Gasteiger partial charge in [0.1, 0.15) is 6.10 Å². The van der Waals surface area contributed by atoms with Gasteiger partial charge in [-0.1, -0.05) is 24.1 Å². The van der Waals surface area contributed by atoms with Crippen LogP contribution in [0.15, 0.2) is 24.3 Å². The number of aliphatic hydroxyl groups excluding tert-OH is 1. The van der Waals surface area contributed by atoms with Crippen LogP contribution in [-0.4, -0.2) is 11.2 Å². The fourth-order valence-corrected chi connectivity index (χ4v) is 0.568. The molecule has 0 saturated carbocycles. The van der Waals surface area contributed by atoms with Gasteiger partial charge in [0, 0.05) is 0 Å². The van der Waals surface area contributed by atoms with E-state index in [1.807, 2.05) is 13.0 Å². The molecule has 15 heavy (non-hydrogen) atoms. The van der Waals surface area contributed by atoms with Crippen LogP contribution in [0.5, 0.6) is 0 Å². The molecule has 0 bridgehead atoms. The van der Waals surface area contributed by atoms with E-state index in [1.165, 1.54) is 0 Å². The van der Waals surface area contributed by atoms with E-state index < -0.39 is 6.10 Å². The molecule has 1 heteroatoms. The number of allylic oxidation sites excluding steroid dienone is 3. The summed E-state index contributed by atoms with van der Waals surface area (Å²) < 4.78 is 0. The Hall–Kier alpha value is -2.32. The van der Waals surface area contributed by atoms with Crippen molar-refractivity contribution in [2.24, 2.45) is 0 Å². The third kappa shape index (κ3) is 9.60. The average molecular weight is 194 g/mol. The van der Waals surface area contributed by atoms with Crippen LogP contribution in [0.3, 0.4) is 0 Å². The Kier molecular flexibility index (Phi) is 8.26. The van der Waals surface area contributed by atoms with Gasteiger partial charge in [0.25, 0.3) is 0 Å². The Morgan fingerprint density at radius 2 is 1.73 bits per heavy atom. The van der Waals surface area contributed by atoms with Crippen LogP contribution in [0, 0.1) is 47.9 Å². The Morgan fingerprint density at radius 3 is 2.40 bits per heavy atom. The van der Waals surface area contributed by atoms with Crippen molar-refractivity contribution in [1.29, 1.82) is 0 Å². The summed E-state index contributed by atoms with van der Waals surface area (Å²) in [5.74, 6) is 16.7. The summed E-state index contributed by atoms with van der Waals surface area (Å²) >= 11 is 0. The van der Waals surface area contributed by atoms with Gasteiger partial charge in [-0.25, -0.2) is 0 Å². The topological polar surface area (TPSA) is 20.2 Å². The maximum absolute atomic E-state index is 9.25. The minimum atomic E-state index is -0.809. The fourth-order valence-electron chi connectivity index (χ4n) is 0.568. The van der Waals surface area contributed by atoms with E-state index in [2.05, 4.69) is 41.4 Å². The van der Waals surface area contributed by atoms with Gasteiger partial charge in [-0.05, 0) is 48.5 Å². The molecule has 0 rings (SSSR count). The van der Waals surface area contributed by atoms with Gasteiger partial charge in [0.15, 0.2) is 0 Å². The van der Waals surface area contributed by atoms with Gasteiger partial charge in [-0.3, -0.25) is 0 Å². The minimum absolute atomic E-state index is 0.809. The first-order chi connectivity index (χ1) is 7.31. The molecule has 0 saturated heterocycles. The molecular formula is C14H10O. The number of hydrogen-bond donors (Lipinski definition) is 1. The number of hydrogen-bond acceptors (Lipinski definition) is 1. The van der Waals surface area contributed by atoms with Crippen LogP contribution < -0.4 is 0 Å². The van der Waals surface area contributed by atoms with Gasteiger partial charge in [0.2, 0.25) is 0 Å². The Morgan fingerprint density at radius 1 is 1.07 bits per heavy atom. The lowest BCUT2D eigenvalue weighted by Gasteiger charge is -1.88. The Bertz CT molecular complexity index is 453. The van der Waals surface area contributed by atoms with Crippen molar-refractivity contribution in [2.75, 3.05) is 0 Å². The second kappa shape index (κ2) is 9.77. The van der Waals surface area contributed by atoms with Gasteiger partial charge < -0.3 is 5.11 Å². The zero-order valence-corrected chi connectivity index (χ0v) is 8.41.